The van der Waals surface area contributed by atoms with E-state index in [9.17, 15) is 13.9 Å². The van der Waals surface area contributed by atoms with Gasteiger partial charge in [0, 0.05) is 36.6 Å². The Hall–Kier alpha value is -3.13. The van der Waals surface area contributed by atoms with Gasteiger partial charge < -0.3 is 9.52 Å². The molecule has 26 heavy (non-hydrogen) atoms. The van der Waals surface area contributed by atoms with E-state index < -0.39 is 17.4 Å². The van der Waals surface area contributed by atoms with Gasteiger partial charge >= 0.3 is 0 Å². The number of hydrogen-bond acceptors (Lipinski definition) is 4. The summed E-state index contributed by atoms with van der Waals surface area (Å²) in [5.74, 6) is -1.03. The first-order valence-electron chi connectivity index (χ1n) is 7.86. The lowest BCUT2D eigenvalue weighted by Gasteiger charge is -2.10. The summed E-state index contributed by atoms with van der Waals surface area (Å²) in [7, 11) is 0. The van der Waals surface area contributed by atoms with E-state index in [1.54, 1.807) is 42.9 Å². The van der Waals surface area contributed by atoms with Crippen LogP contribution in [-0.4, -0.2) is 19.9 Å². The van der Waals surface area contributed by atoms with Crippen LogP contribution in [0, 0.1) is 11.6 Å². The van der Waals surface area contributed by atoms with Crippen LogP contribution in [0.4, 0.5) is 8.78 Å². The topological polar surface area (TPSA) is 68.2 Å². The molecule has 0 fully saturated rings. The predicted octanol–water partition coefficient (Wildman–Crippen LogP) is 2.91. The van der Waals surface area contributed by atoms with E-state index in [1.807, 2.05) is 0 Å². The molecule has 1 N–H and O–H groups in total. The Kier molecular flexibility index (Phi) is 3.58. The van der Waals surface area contributed by atoms with Crippen LogP contribution in [0.3, 0.4) is 0 Å². The van der Waals surface area contributed by atoms with Crippen molar-refractivity contribution in [2.24, 2.45) is 0 Å². The van der Waals surface area contributed by atoms with E-state index in [2.05, 4.69) is 10.1 Å². The van der Waals surface area contributed by atoms with Gasteiger partial charge in [0.1, 0.15) is 17.3 Å². The fraction of sp³-hybridized carbons (Fsp3) is 0.167. The van der Waals surface area contributed by atoms with Gasteiger partial charge in [-0.25, -0.2) is 18.2 Å². The molecule has 4 rings (SSSR count). The minimum absolute atomic E-state index is 0.146. The number of oxazole rings is 1. The van der Waals surface area contributed by atoms with Crippen molar-refractivity contribution in [3.05, 3.63) is 60.9 Å². The molecule has 0 aliphatic rings. The second-order valence-electron chi connectivity index (χ2n) is 6.37. The molecule has 4 aromatic rings. The summed E-state index contributed by atoms with van der Waals surface area (Å²) in [5, 5.41) is 14.3. The number of pyridine rings is 1. The van der Waals surface area contributed by atoms with Crippen molar-refractivity contribution in [2.75, 3.05) is 0 Å². The van der Waals surface area contributed by atoms with Crippen LogP contribution in [0.2, 0.25) is 0 Å². The molecular formula is C18H15F2N4O2+. The third kappa shape index (κ3) is 2.64. The molecule has 132 valence electrons. The van der Waals surface area contributed by atoms with Crippen molar-refractivity contribution in [3.8, 4) is 22.6 Å². The molecule has 0 bridgehead atoms. The molecule has 0 saturated carbocycles. The highest BCUT2D eigenvalue weighted by molar-refractivity contribution is 5.76. The number of halogens is 2. The average Bonchev–Trinajstić information content (AvgIpc) is 3.20. The van der Waals surface area contributed by atoms with E-state index in [0.717, 1.165) is 6.07 Å². The second-order valence-corrected chi connectivity index (χ2v) is 6.37. The largest absolute Gasteiger partial charge is 0.443 e. The number of nitrogens with zero attached hydrogens (tertiary/aromatic N) is 4. The van der Waals surface area contributed by atoms with Gasteiger partial charge in [-0.1, -0.05) is 4.68 Å². The number of fused-ring (bicyclic) bond motifs is 1. The quantitative estimate of drug-likeness (QED) is 0.573. The van der Waals surface area contributed by atoms with Crippen molar-refractivity contribution in [3.63, 3.8) is 0 Å². The Balaban J connectivity index is 1.84. The third-order valence-corrected chi connectivity index (χ3v) is 4.00. The van der Waals surface area contributed by atoms with Crippen LogP contribution in [0.25, 0.3) is 28.2 Å². The molecule has 6 nitrogen and oxygen atoms in total. The van der Waals surface area contributed by atoms with E-state index in [4.69, 9.17) is 4.42 Å². The minimum Gasteiger partial charge on any atom is -0.443 e. The molecule has 0 saturated heterocycles. The predicted molar refractivity (Wildman–Crippen MR) is 87.8 cm³/mol. The molecule has 0 aliphatic carbocycles. The van der Waals surface area contributed by atoms with E-state index in [-0.39, 0.29) is 11.3 Å². The number of aliphatic hydroxyl groups is 1. The van der Waals surface area contributed by atoms with E-state index >= 15 is 0 Å². The first-order valence-corrected chi connectivity index (χ1v) is 7.86. The van der Waals surface area contributed by atoms with Crippen molar-refractivity contribution >= 4 is 5.65 Å². The highest BCUT2D eigenvalue weighted by Crippen LogP contribution is 2.32. The highest BCUT2D eigenvalue weighted by Gasteiger charge is 2.27. The van der Waals surface area contributed by atoms with Crippen LogP contribution in [0.5, 0.6) is 0 Å². The monoisotopic (exact) mass is 357 g/mol. The van der Waals surface area contributed by atoms with Crippen LogP contribution in [0.15, 0.2) is 53.7 Å². The lowest BCUT2D eigenvalue weighted by atomic mass is 10.1. The van der Waals surface area contributed by atoms with Crippen molar-refractivity contribution < 1.29 is 22.7 Å². The van der Waals surface area contributed by atoms with Crippen LogP contribution >= 0.6 is 0 Å². The minimum atomic E-state index is -1.16. The van der Waals surface area contributed by atoms with Gasteiger partial charge in [0.25, 0.3) is 12.0 Å². The van der Waals surface area contributed by atoms with Crippen molar-refractivity contribution in [1.82, 2.24) is 14.8 Å². The van der Waals surface area contributed by atoms with Crippen molar-refractivity contribution in [1.29, 1.82) is 0 Å². The van der Waals surface area contributed by atoms with Gasteiger partial charge in [0.2, 0.25) is 5.72 Å². The molecule has 0 unspecified atom stereocenters. The van der Waals surface area contributed by atoms with E-state index in [0.29, 0.717) is 17.0 Å². The maximum absolute atomic E-state index is 14.1. The van der Waals surface area contributed by atoms with Crippen LogP contribution in [0.1, 0.15) is 13.8 Å². The number of benzene rings is 1. The molecule has 0 atom stereocenters. The lowest BCUT2D eigenvalue weighted by Crippen LogP contribution is -2.29. The molecule has 1 aromatic carbocycles. The molecule has 0 amide bonds. The summed E-state index contributed by atoms with van der Waals surface area (Å²) in [5.41, 5.74) is 0.555. The zero-order valence-electron chi connectivity index (χ0n) is 14.0. The maximum atomic E-state index is 14.1. The molecule has 0 spiro atoms. The third-order valence-electron chi connectivity index (χ3n) is 4.00. The van der Waals surface area contributed by atoms with Gasteiger partial charge in [-0.2, -0.15) is 0 Å². The number of aromatic nitrogens is 4. The maximum Gasteiger partial charge on any atom is 0.270 e. The smallest absolute Gasteiger partial charge is 0.270 e. The molecule has 0 aliphatic heterocycles. The summed E-state index contributed by atoms with van der Waals surface area (Å²) in [6.07, 6.45) is 4.49. The Morgan fingerprint density at radius 1 is 1.19 bits per heavy atom. The Bertz CT molecular complexity index is 1110. The standard InChI is InChI=1S/C18H15F2N4O2/c1-18(2,25)24-15-6-3-11(8-23(15)9-22-24)17-16(21-10-26-17)13-5-4-12(19)7-14(13)20/h3-10,25H,1-2H3/q+1. The van der Waals surface area contributed by atoms with Crippen molar-refractivity contribution in [2.45, 2.75) is 19.6 Å². The molecule has 8 heteroatoms. The summed E-state index contributed by atoms with van der Waals surface area (Å²) in [4.78, 5) is 4.08. The summed E-state index contributed by atoms with van der Waals surface area (Å²) in [6, 6.07) is 6.81. The van der Waals surface area contributed by atoms with Gasteiger partial charge in [-0.05, 0) is 18.2 Å². The van der Waals surface area contributed by atoms with Gasteiger partial charge in [-0.3, -0.25) is 0 Å². The van der Waals surface area contributed by atoms with Gasteiger partial charge in [-0.15, -0.1) is 0 Å². The second kappa shape index (κ2) is 5.70. The highest BCUT2D eigenvalue weighted by atomic mass is 19.1. The summed E-state index contributed by atoms with van der Waals surface area (Å²) in [6.45, 7) is 3.25. The molecule has 0 radical (unpaired) electrons. The fourth-order valence-corrected chi connectivity index (χ4v) is 2.83. The Morgan fingerprint density at radius 2 is 2.00 bits per heavy atom. The Morgan fingerprint density at radius 3 is 2.73 bits per heavy atom. The first-order chi connectivity index (χ1) is 12.3. The Labute approximate surface area is 147 Å². The zero-order valence-corrected chi connectivity index (χ0v) is 14.0. The van der Waals surface area contributed by atoms with Gasteiger partial charge in [0.15, 0.2) is 12.2 Å². The van der Waals surface area contributed by atoms with Crippen LogP contribution < -0.4 is 4.40 Å². The normalized spacial score (nSPS) is 12.0. The van der Waals surface area contributed by atoms with Crippen LogP contribution in [-0.2, 0) is 5.72 Å². The number of hydrogen-bond donors (Lipinski definition) is 1. The number of rotatable bonds is 3. The zero-order chi connectivity index (χ0) is 18.5. The molecule has 3 heterocycles. The lowest BCUT2D eigenvalue weighted by molar-refractivity contribution is -0.512. The molecular weight excluding hydrogens is 342 g/mol. The van der Waals surface area contributed by atoms with Gasteiger partial charge in [0.05, 0.1) is 11.8 Å². The van der Waals surface area contributed by atoms with E-state index in [1.165, 1.54) is 23.2 Å². The summed E-state index contributed by atoms with van der Waals surface area (Å²) < 4.78 is 35.9. The molecule has 3 aromatic heterocycles. The fourth-order valence-electron chi connectivity index (χ4n) is 2.83. The first kappa shape index (κ1) is 16.3. The SMILES string of the molecule is CC(C)(O)n1nc[n+]2cc(-c3ocnc3-c3ccc(F)cc3F)ccc12. The summed E-state index contributed by atoms with van der Waals surface area (Å²) >= 11 is 0. The average molecular weight is 357 g/mol.